The van der Waals surface area contributed by atoms with E-state index < -0.39 is 45.5 Å². The Morgan fingerprint density at radius 3 is 2.24 bits per heavy atom. The van der Waals surface area contributed by atoms with Gasteiger partial charge >= 0.3 is 12.1 Å². The zero-order valence-corrected chi connectivity index (χ0v) is 22.6. The second-order valence-electron chi connectivity index (χ2n) is 9.53. The van der Waals surface area contributed by atoms with E-state index in [9.17, 15) is 19.2 Å². The summed E-state index contributed by atoms with van der Waals surface area (Å²) in [6.07, 6.45) is 0.428. The lowest BCUT2D eigenvalue weighted by Gasteiger charge is -2.33. The first-order chi connectivity index (χ1) is 15.5. The molecule has 2 unspecified atom stereocenters. The molecular formula is C21H35Cl3N4O6. The first-order valence-corrected chi connectivity index (χ1v) is 12.2. The molecule has 0 saturated carbocycles. The van der Waals surface area contributed by atoms with E-state index in [1.54, 1.807) is 46.6 Å². The summed E-state index contributed by atoms with van der Waals surface area (Å²) in [6, 6.07) is -2.38. The molecule has 0 aromatic heterocycles. The van der Waals surface area contributed by atoms with Crippen LogP contribution in [-0.4, -0.2) is 76.0 Å². The Bertz CT molecular complexity index is 739. The summed E-state index contributed by atoms with van der Waals surface area (Å²) in [5.41, 5.74) is 2.23. The average Bonchev–Trinajstić information content (AvgIpc) is 2.68. The fraction of sp³-hybridized carbons (Fsp3) is 0.810. The number of ketones is 1. The van der Waals surface area contributed by atoms with E-state index in [4.69, 9.17) is 44.3 Å². The van der Waals surface area contributed by atoms with Gasteiger partial charge in [-0.05, 0) is 46.5 Å². The van der Waals surface area contributed by atoms with E-state index >= 15 is 0 Å². The Morgan fingerprint density at radius 1 is 1.09 bits per heavy atom. The Morgan fingerprint density at radius 2 is 1.71 bits per heavy atom. The van der Waals surface area contributed by atoms with Crippen LogP contribution in [0.4, 0.5) is 4.79 Å². The van der Waals surface area contributed by atoms with Crippen LogP contribution in [0.15, 0.2) is 0 Å². The van der Waals surface area contributed by atoms with Crippen molar-refractivity contribution < 1.29 is 28.7 Å². The number of nitrogens with zero attached hydrogens (tertiary/aromatic N) is 1. The molecule has 1 aliphatic heterocycles. The molecule has 1 fully saturated rings. The van der Waals surface area contributed by atoms with Crippen LogP contribution in [0.3, 0.4) is 0 Å². The van der Waals surface area contributed by atoms with Crippen molar-refractivity contribution in [3.8, 4) is 0 Å². The van der Waals surface area contributed by atoms with Gasteiger partial charge in [-0.25, -0.2) is 15.2 Å². The van der Waals surface area contributed by atoms with E-state index in [0.29, 0.717) is 19.4 Å². The van der Waals surface area contributed by atoms with Crippen LogP contribution < -0.4 is 16.1 Å². The first kappa shape index (κ1) is 30.7. The topological polar surface area (TPSA) is 126 Å². The number of rotatable bonds is 9. The fourth-order valence-corrected chi connectivity index (χ4v) is 3.23. The summed E-state index contributed by atoms with van der Waals surface area (Å²) in [6.45, 7) is 10.3. The molecular weight excluding hydrogens is 511 g/mol. The quantitative estimate of drug-likeness (QED) is 0.298. The summed E-state index contributed by atoms with van der Waals surface area (Å²) in [5.74, 6) is -1.60. The summed E-state index contributed by atoms with van der Waals surface area (Å²) < 4.78 is 8.51. The zero-order chi connectivity index (χ0) is 26.3. The maximum absolute atomic E-state index is 12.7. The van der Waals surface area contributed by atoms with Gasteiger partial charge in [-0.1, -0.05) is 48.7 Å². The number of hydrazine groups is 1. The molecule has 1 saturated heterocycles. The van der Waals surface area contributed by atoms with Crippen molar-refractivity contribution in [1.29, 1.82) is 0 Å². The minimum Gasteiger partial charge on any atom is -0.460 e. The zero-order valence-electron chi connectivity index (χ0n) is 20.4. The Balaban J connectivity index is 2.61. The molecule has 0 aliphatic carbocycles. The van der Waals surface area contributed by atoms with Crippen molar-refractivity contribution in [3.63, 3.8) is 0 Å². The molecule has 0 aromatic rings. The number of alkyl halides is 3. The molecule has 196 valence electrons. The van der Waals surface area contributed by atoms with Gasteiger partial charge in [0.25, 0.3) is 0 Å². The number of ether oxygens (including phenoxy) is 2. The average molecular weight is 546 g/mol. The minimum absolute atomic E-state index is 0.0540. The second kappa shape index (κ2) is 13.1. The SMILES string of the molecule is CC(NC(=O)C(NC(=O)OC(C)(C)C)C(C)C)C(=O)CN1CCC[C@@H](C(=O)OCC(Cl)(Cl)Cl)N1. The van der Waals surface area contributed by atoms with Crippen LogP contribution >= 0.6 is 34.8 Å². The molecule has 1 heterocycles. The lowest BCUT2D eigenvalue weighted by Crippen LogP contribution is -2.57. The van der Waals surface area contributed by atoms with Gasteiger partial charge < -0.3 is 20.1 Å². The van der Waals surface area contributed by atoms with Crippen LogP contribution in [0.5, 0.6) is 0 Å². The largest absolute Gasteiger partial charge is 0.460 e. The standard InChI is InChI=1S/C21H35Cl3N4O6/c1-12(2)16(26-19(32)34-20(4,5)6)17(30)25-13(3)15(29)10-28-9-7-8-14(27-28)18(31)33-11-21(22,23)24/h12-14,16,27H,7-11H2,1-6H3,(H,25,30)(H,26,32)/t13?,14-,16?/m0/s1. The first-order valence-electron chi connectivity index (χ1n) is 11.1. The van der Waals surface area contributed by atoms with Gasteiger partial charge in [0.2, 0.25) is 9.70 Å². The summed E-state index contributed by atoms with van der Waals surface area (Å²) >= 11 is 16.8. The molecule has 13 heteroatoms. The van der Waals surface area contributed by atoms with Gasteiger partial charge in [0, 0.05) is 6.54 Å². The Labute approximate surface area is 215 Å². The number of halogens is 3. The van der Waals surface area contributed by atoms with E-state index in [-0.39, 0.29) is 24.9 Å². The fourth-order valence-electron chi connectivity index (χ4n) is 3.06. The van der Waals surface area contributed by atoms with E-state index in [2.05, 4.69) is 16.1 Å². The molecule has 34 heavy (non-hydrogen) atoms. The number of nitrogens with one attached hydrogen (secondary N) is 3. The van der Waals surface area contributed by atoms with Crippen LogP contribution in [0, 0.1) is 5.92 Å². The molecule has 3 N–H and O–H groups in total. The van der Waals surface area contributed by atoms with Crippen molar-refractivity contribution in [2.45, 2.75) is 81.9 Å². The second-order valence-corrected chi connectivity index (χ2v) is 12.0. The van der Waals surface area contributed by atoms with Crippen LogP contribution in [-0.2, 0) is 23.9 Å². The number of hydrogen-bond acceptors (Lipinski definition) is 8. The molecule has 0 spiro atoms. The molecule has 1 rings (SSSR count). The number of carbonyl (C=O) groups excluding carboxylic acids is 4. The van der Waals surface area contributed by atoms with Crippen molar-refractivity contribution >= 4 is 58.6 Å². The number of esters is 1. The number of Topliss-reactive ketones (excluding diaryl/α,β-unsaturated/α-hetero) is 1. The number of alkyl carbamates (subject to hydrolysis) is 1. The minimum atomic E-state index is -1.71. The van der Waals surface area contributed by atoms with Crippen molar-refractivity contribution in [3.05, 3.63) is 0 Å². The molecule has 1 aliphatic rings. The lowest BCUT2D eigenvalue weighted by atomic mass is 10.0. The highest BCUT2D eigenvalue weighted by atomic mass is 35.6. The summed E-state index contributed by atoms with van der Waals surface area (Å²) in [4.78, 5) is 49.7. The Kier molecular flexibility index (Phi) is 11.8. The van der Waals surface area contributed by atoms with Crippen molar-refractivity contribution in [2.75, 3.05) is 19.7 Å². The van der Waals surface area contributed by atoms with Crippen LogP contribution in [0.25, 0.3) is 0 Å². The maximum atomic E-state index is 12.7. The van der Waals surface area contributed by atoms with E-state index in [0.717, 1.165) is 0 Å². The molecule has 10 nitrogen and oxygen atoms in total. The van der Waals surface area contributed by atoms with Gasteiger partial charge in [0.05, 0.1) is 12.6 Å². The summed E-state index contributed by atoms with van der Waals surface area (Å²) in [5, 5.41) is 6.79. The normalized spacial score (nSPS) is 19.2. The maximum Gasteiger partial charge on any atom is 0.408 e. The smallest absolute Gasteiger partial charge is 0.408 e. The van der Waals surface area contributed by atoms with Crippen molar-refractivity contribution in [2.24, 2.45) is 5.92 Å². The van der Waals surface area contributed by atoms with Crippen LogP contribution in [0.1, 0.15) is 54.4 Å². The van der Waals surface area contributed by atoms with Crippen molar-refractivity contribution in [1.82, 2.24) is 21.1 Å². The third-order valence-corrected chi connectivity index (χ3v) is 5.06. The van der Waals surface area contributed by atoms with Gasteiger partial charge in [-0.2, -0.15) is 0 Å². The predicted octanol–water partition coefficient (Wildman–Crippen LogP) is 2.49. The lowest BCUT2D eigenvalue weighted by molar-refractivity contribution is -0.149. The monoisotopic (exact) mass is 544 g/mol. The number of amides is 2. The summed E-state index contributed by atoms with van der Waals surface area (Å²) in [7, 11) is 0. The third-order valence-electron chi connectivity index (χ3n) is 4.73. The predicted molar refractivity (Wildman–Crippen MR) is 130 cm³/mol. The van der Waals surface area contributed by atoms with E-state index in [1.807, 2.05) is 0 Å². The molecule has 0 aromatic carbocycles. The van der Waals surface area contributed by atoms with Gasteiger partial charge in [0.15, 0.2) is 5.78 Å². The molecule has 0 bridgehead atoms. The van der Waals surface area contributed by atoms with Gasteiger partial charge in [0.1, 0.15) is 24.3 Å². The van der Waals surface area contributed by atoms with E-state index in [1.165, 1.54) is 0 Å². The highest BCUT2D eigenvalue weighted by molar-refractivity contribution is 6.67. The van der Waals surface area contributed by atoms with Gasteiger partial charge in [-0.3, -0.25) is 14.4 Å². The molecule has 3 atom stereocenters. The highest BCUT2D eigenvalue weighted by Crippen LogP contribution is 2.26. The van der Waals surface area contributed by atoms with Gasteiger partial charge in [-0.15, -0.1) is 0 Å². The third kappa shape index (κ3) is 11.9. The molecule has 2 amide bonds. The number of hydrogen-bond donors (Lipinski definition) is 3. The van der Waals surface area contributed by atoms with Crippen LogP contribution in [0.2, 0.25) is 0 Å². The number of carbonyl (C=O) groups is 4. The molecule has 0 radical (unpaired) electrons. The Hall–Kier alpha value is -1.33. The highest BCUT2D eigenvalue weighted by Gasteiger charge is 2.32.